The van der Waals surface area contributed by atoms with Gasteiger partial charge in [-0.2, -0.15) is 0 Å². The lowest BCUT2D eigenvalue weighted by molar-refractivity contribution is 0.859. The van der Waals surface area contributed by atoms with Gasteiger partial charge in [0.15, 0.2) is 0 Å². The molecule has 2 heteroatoms. The van der Waals surface area contributed by atoms with E-state index in [0.717, 1.165) is 5.69 Å². The number of hydrogen-bond donors (Lipinski definition) is 0. The molecule has 1 aromatic heterocycles. The normalized spacial score (nSPS) is 9.94. The van der Waals surface area contributed by atoms with Crippen molar-refractivity contribution in [3.05, 3.63) is 54.2 Å². The molecule has 1 heterocycles. The molecule has 0 spiro atoms. The molecular formula is C14H16ClN. The van der Waals surface area contributed by atoms with E-state index >= 15 is 0 Å². The first-order valence-electron chi connectivity index (χ1n) is 5.29. The molecule has 0 N–H and O–H groups in total. The third-order valence-corrected chi connectivity index (χ3v) is 2.52. The Morgan fingerprint density at radius 1 is 0.938 bits per heavy atom. The number of hydrogen-bond acceptors (Lipinski definition) is 1. The summed E-state index contributed by atoms with van der Waals surface area (Å²) in [5, 5.41) is 0. The summed E-state index contributed by atoms with van der Waals surface area (Å²) in [6.07, 6.45) is 1.97. The van der Waals surface area contributed by atoms with E-state index < -0.39 is 0 Å². The fourth-order valence-corrected chi connectivity index (χ4v) is 1.53. The average molecular weight is 234 g/mol. The number of pyridine rings is 1. The first-order chi connectivity index (χ1) is 7.27. The first kappa shape index (κ1) is 12.7. The van der Waals surface area contributed by atoms with Gasteiger partial charge in [0.2, 0.25) is 0 Å². The Morgan fingerprint density at radius 2 is 1.62 bits per heavy atom. The second-order valence-electron chi connectivity index (χ2n) is 4.00. The van der Waals surface area contributed by atoms with Gasteiger partial charge in [-0.3, -0.25) is 4.98 Å². The molecule has 0 amide bonds. The maximum absolute atomic E-state index is 4.47. The van der Waals surface area contributed by atoms with Gasteiger partial charge in [0.05, 0.1) is 5.69 Å². The maximum atomic E-state index is 4.47. The summed E-state index contributed by atoms with van der Waals surface area (Å²) in [5.74, 6) is 0.544. The van der Waals surface area contributed by atoms with Crippen molar-refractivity contribution in [3.63, 3.8) is 0 Å². The first-order valence-corrected chi connectivity index (χ1v) is 5.29. The van der Waals surface area contributed by atoms with E-state index in [4.69, 9.17) is 0 Å². The highest BCUT2D eigenvalue weighted by Crippen LogP contribution is 2.19. The predicted octanol–water partition coefficient (Wildman–Crippen LogP) is 4.29. The average Bonchev–Trinajstić information content (AvgIpc) is 2.30. The molecular weight excluding hydrogens is 218 g/mol. The van der Waals surface area contributed by atoms with Gasteiger partial charge >= 0.3 is 0 Å². The molecule has 0 fully saturated rings. The van der Waals surface area contributed by atoms with Crippen molar-refractivity contribution in [2.75, 3.05) is 0 Å². The molecule has 84 valence electrons. The number of benzene rings is 1. The molecule has 0 aliphatic rings. The Morgan fingerprint density at radius 3 is 2.12 bits per heavy atom. The highest BCUT2D eigenvalue weighted by molar-refractivity contribution is 5.85. The lowest BCUT2D eigenvalue weighted by atomic mass is 10.0. The molecule has 1 nitrogen and oxygen atoms in total. The van der Waals surface area contributed by atoms with Crippen LogP contribution in [0.1, 0.15) is 25.3 Å². The zero-order valence-electron chi connectivity index (χ0n) is 9.55. The summed E-state index contributed by atoms with van der Waals surface area (Å²) in [7, 11) is 0. The summed E-state index contributed by atoms with van der Waals surface area (Å²) >= 11 is 0. The zero-order valence-corrected chi connectivity index (χ0v) is 10.4. The van der Waals surface area contributed by atoms with E-state index in [-0.39, 0.29) is 12.4 Å². The van der Waals surface area contributed by atoms with Gasteiger partial charge < -0.3 is 0 Å². The Labute approximate surface area is 103 Å². The van der Waals surface area contributed by atoms with Crippen LogP contribution in [0.15, 0.2) is 48.7 Å². The van der Waals surface area contributed by atoms with E-state index in [1.165, 1.54) is 11.1 Å². The van der Waals surface area contributed by atoms with E-state index in [9.17, 15) is 0 Å². The van der Waals surface area contributed by atoms with Crippen LogP contribution in [0.5, 0.6) is 0 Å². The van der Waals surface area contributed by atoms with E-state index in [2.05, 4.69) is 43.1 Å². The van der Waals surface area contributed by atoms with Gasteiger partial charge in [-0.1, -0.05) is 50.2 Å². The lowest BCUT2D eigenvalue weighted by Gasteiger charge is -2.05. The van der Waals surface area contributed by atoms with Crippen LogP contribution < -0.4 is 0 Å². The molecule has 0 aliphatic heterocycles. The molecule has 0 unspecified atom stereocenters. The number of nitrogens with zero attached hydrogens (tertiary/aromatic N) is 1. The minimum atomic E-state index is 0. The summed E-state index contributed by atoms with van der Waals surface area (Å²) < 4.78 is 0. The molecule has 2 aromatic rings. The van der Waals surface area contributed by atoms with Crippen molar-refractivity contribution in [1.29, 1.82) is 0 Å². The van der Waals surface area contributed by atoms with Gasteiger partial charge in [0.25, 0.3) is 0 Å². The third-order valence-electron chi connectivity index (χ3n) is 2.52. The summed E-state index contributed by atoms with van der Waals surface area (Å²) in [6.45, 7) is 4.36. The minimum absolute atomic E-state index is 0. The van der Waals surface area contributed by atoms with Gasteiger partial charge in [-0.25, -0.2) is 0 Å². The number of halogens is 1. The van der Waals surface area contributed by atoms with Crippen molar-refractivity contribution in [1.82, 2.24) is 4.98 Å². The van der Waals surface area contributed by atoms with Crippen LogP contribution >= 0.6 is 12.4 Å². The zero-order chi connectivity index (χ0) is 10.7. The SMILES string of the molecule is CC(C)c1ccc(-c2ccccc2)nc1.Cl. The summed E-state index contributed by atoms with van der Waals surface area (Å²) in [5.41, 5.74) is 3.50. The Kier molecular flexibility index (Phi) is 4.51. The van der Waals surface area contributed by atoms with Crippen LogP contribution in [-0.4, -0.2) is 4.98 Å². The molecule has 2 rings (SSSR count). The Hall–Kier alpha value is -1.34. The van der Waals surface area contributed by atoms with Crippen molar-refractivity contribution < 1.29 is 0 Å². The van der Waals surface area contributed by atoms with Crippen molar-refractivity contribution in [2.24, 2.45) is 0 Å². The summed E-state index contributed by atoms with van der Waals surface area (Å²) in [4.78, 5) is 4.47. The maximum Gasteiger partial charge on any atom is 0.0702 e. The van der Waals surface area contributed by atoms with Crippen LogP contribution in [-0.2, 0) is 0 Å². The van der Waals surface area contributed by atoms with Crippen molar-refractivity contribution in [2.45, 2.75) is 19.8 Å². The molecule has 0 radical (unpaired) electrons. The predicted molar refractivity (Wildman–Crippen MR) is 71.0 cm³/mol. The van der Waals surface area contributed by atoms with Crippen molar-refractivity contribution >= 4 is 12.4 Å². The highest BCUT2D eigenvalue weighted by Gasteiger charge is 2.01. The fourth-order valence-electron chi connectivity index (χ4n) is 1.53. The van der Waals surface area contributed by atoms with Crippen LogP contribution in [0.4, 0.5) is 0 Å². The van der Waals surface area contributed by atoms with Gasteiger partial charge in [-0.15, -0.1) is 12.4 Å². The van der Waals surface area contributed by atoms with Crippen molar-refractivity contribution in [3.8, 4) is 11.3 Å². The van der Waals surface area contributed by atoms with Gasteiger partial charge in [0, 0.05) is 11.8 Å². The Bertz CT molecular complexity index is 420. The summed E-state index contributed by atoms with van der Waals surface area (Å²) in [6, 6.07) is 14.5. The van der Waals surface area contributed by atoms with E-state index in [1.807, 2.05) is 24.4 Å². The van der Waals surface area contributed by atoms with Gasteiger partial charge in [0.1, 0.15) is 0 Å². The Balaban J connectivity index is 0.00000128. The monoisotopic (exact) mass is 233 g/mol. The van der Waals surface area contributed by atoms with Crippen LogP contribution in [0.25, 0.3) is 11.3 Å². The second kappa shape index (κ2) is 5.66. The van der Waals surface area contributed by atoms with Crippen LogP contribution in [0.2, 0.25) is 0 Å². The smallest absolute Gasteiger partial charge is 0.0702 e. The van der Waals surface area contributed by atoms with Crippen LogP contribution in [0.3, 0.4) is 0 Å². The number of aromatic nitrogens is 1. The third kappa shape index (κ3) is 2.83. The fraction of sp³-hybridized carbons (Fsp3) is 0.214. The molecule has 0 atom stereocenters. The topological polar surface area (TPSA) is 12.9 Å². The van der Waals surface area contributed by atoms with Crippen LogP contribution in [0, 0.1) is 0 Å². The molecule has 16 heavy (non-hydrogen) atoms. The minimum Gasteiger partial charge on any atom is -0.256 e. The number of rotatable bonds is 2. The largest absolute Gasteiger partial charge is 0.256 e. The molecule has 0 saturated carbocycles. The second-order valence-corrected chi connectivity index (χ2v) is 4.00. The van der Waals surface area contributed by atoms with Gasteiger partial charge in [-0.05, 0) is 17.5 Å². The lowest BCUT2D eigenvalue weighted by Crippen LogP contribution is -1.89. The standard InChI is InChI=1S/C14H15N.ClH/c1-11(2)13-8-9-14(15-10-13)12-6-4-3-5-7-12;/h3-11H,1-2H3;1H. The highest BCUT2D eigenvalue weighted by atomic mass is 35.5. The quantitative estimate of drug-likeness (QED) is 0.754. The molecule has 0 aliphatic carbocycles. The van der Waals surface area contributed by atoms with E-state index in [0.29, 0.717) is 5.92 Å². The molecule has 1 aromatic carbocycles. The van der Waals surface area contributed by atoms with E-state index in [1.54, 1.807) is 0 Å². The molecule has 0 saturated heterocycles. The molecule has 0 bridgehead atoms.